The molecule has 0 fully saturated rings. The minimum Gasteiger partial charge on any atom is -0.497 e. The molecule has 1 aromatic carbocycles. The monoisotopic (exact) mass is 291 g/mol. The summed E-state index contributed by atoms with van der Waals surface area (Å²) in [5, 5.41) is 12.8. The number of amides is 1. The van der Waals surface area contributed by atoms with Gasteiger partial charge in [-0.05, 0) is 25.0 Å². The summed E-state index contributed by atoms with van der Waals surface area (Å²) in [6, 6.07) is 5.56. The first-order valence-electron chi connectivity index (χ1n) is 7.12. The maximum Gasteiger partial charge on any atom is 0.224 e. The van der Waals surface area contributed by atoms with Crippen LogP contribution in [0, 0.1) is 0 Å². The highest BCUT2D eigenvalue weighted by atomic mass is 16.5. The first kappa shape index (κ1) is 15.4. The van der Waals surface area contributed by atoms with E-state index in [-0.39, 0.29) is 25.0 Å². The predicted molar refractivity (Wildman–Crippen MR) is 80.4 cm³/mol. The smallest absolute Gasteiger partial charge is 0.224 e. The maximum atomic E-state index is 12.1. The average molecular weight is 291 g/mol. The van der Waals surface area contributed by atoms with Crippen LogP contribution in [0.15, 0.2) is 28.9 Å². The number of aliphatic hydroxyl groups is 1. The number of hydrogen-bond acceptors (Lipinski definition) is 4. The van der Waals surface area contributed by atoms with Gasteiger partial charge in [-0.3, -0.25) is 4.79 Å². The Bertz CT molecular complexity index is 605. The van der Waals surface area contributed by atoms with Crippen molar-refractivity contribution in [3.05, 3.63) is 30.0 Å². The van der Waals surface area contributed by atoms with Crippen LogP contribution in [0.1, 0.15) is 25.3 Å². The van der Waals surface area contributed by atoms with E-state index in [1.54, 1.807) is 19.4 Å². The van der Waals surface area contributed by atoms with Crippen molar-refractivity contribution in [1.29, 1.82) is 0 Å². The van der Waals surface area contributed by atoms with Crippen LogP contribution in [-0.2, 0) is 11.2 Å². The fourth-order valence-corrected chi connectivity index (χ4v) is 2.31. The number of methoxy groups -OCH3 is 1. The van der Waals surface area contributed by atoms with Crippen molar-refractivity contribution in [3.8, 4) is 5.75 Å². The molecule has 1 atom stereocenters. The van der Waals surface area contributed by atoms with Gasteiger partial charge >= 0.3 is 0 Å². The summed E-state index contributed by atoms with van der Waals surface area (Å²) >= 11 is 0. The Morgan fingerprint density at radius 1 is 1.48 bits per heavy atom. The summed E-state index contributed by atoms with van der Waals surface area (Å²) in [6.45, 7) is 2.06. The molecule has 21 heavy (non-hydrogen) atoms. The number of carbonyl (C=O) groups is 1. The molecule has 0 aliphatic heterocycles. The van der Waals surface area contributed by atoms with Gasteiger partial charge in [-0.1, -0.05) is 6.92 Å². The lowest BCUT2D eigenvalue weighted by molar-refractivity contribution is -0.121. The number of rotatable bonds is 7. The standard InChI is InChI=1S/C16H21NO4/c1-3-12(6-7-18)17-16(19)8-11-10-21-15-9-13(20-2)4-5-14(11)15/h4-5,9-10,12,18H,3,6-8H2,1-2H3,(H,17,19). The molecule has 1 aromatic heterocycles. The summed E-state index contributed by atoms with van der Waals surface area (Å²) < 4.78 is 10.6. The number of carbonyl (C=O) groups excluding carboxylic acids is 1. The van der Waals surface area contributed by atoms with E-state index in [2.05, 4.69) is 5.32 Å². The molecule has 114 valence electrons. The van der Waals surface area contributed by atoms with Crippen LogP contribution in [0.3, 0.4) is 0 Å². The molecular formula is C16H21NO4. The van der Waals surface area contributed by atoms with Crippen molar-refractivity contribution in [3.63, 3.8) is 0 Å². The summed E-state index contributed by atoms with van der Waals surface area (Å²) in [5.41, 5.74) is 1.56. The molecule has 0 aliphatic rings. The molecule has 0 aliphatic carbocycles. The van der Waals surface area contributed by atoms with E-state index in [1.165, 1.54) is 0 Å². The van der Waals surface area contributed by atoms with E-state index in [4.69, 9.17) is 14.3 Å². The van der Waals surface area contributed by atoms with E-state index in [0.29, 0.717) is 12.0 Å². The van der Waals surface area contributed by atoms with E-state index < -0.39 is 0 Å². The first-order valence-corrected chi connectivity index (χ1v) is 7.12. The van der Waals surface area contributed by atoms with E-state index >= 15 is 0 Å². The van der Waals surface area contributed by atoms with E-state index in [9.17, 15) is 4.79 Å². The van der Waals surface area contributed by atoms with Gasteiger partial charge in [0.15, 0.2) is 0 Å². The molecular weight excluding hydrogens is 270 g/mol. The van der Waals surface area contributed by atoms with Crippen LogP contribution >= 0.6 is 0 Å². The predicted octanol–water partition coefficient (Wildman–Crippen LogP) is 2.26. The van der Waals surface area contributed by atoms with Gasteiger partial charge in [0.1, 0.15) is 11.3 Å². The number of benzene rings is 1. The highest BCUT2D eigenvalue weighted by molar-refractivity contribution is 5.88. The number of aliphatic hydroxyl groups excluding tert-OH is 1. The molecule has 5 heteroatoms. The van der Waals surface area contributed by atoms with Gasteiger partial charge in [-0.2, -0.15) is 0 Å². The fourth-order valence-electron chi connectivity index (χ4n) is 2.31. The van der Waals surface area contributed by atoms with Crippen LogP contribution in [0.25, 0.3) is 11.0 Å². The Hall–Kier alpha value is -2.01. The molecule has 1 heterocycles. The Kier molecular flexibility index (Phi) is 5.22. The second kappa shape index (κ2) is 7.13. The molecule has 0 saturated carbocycles. The third kappa shape index (κ3) is 3.76. The minimum atomic E-state index is -0.0613. The minimum absolute atomic E-state index is 0.0146. The number of furan rings is 1. The van der Waals surface area contributed by atoms with Crippen LogP contribution in [0.2, 0.25) is 0 Å². The zero-order chi connectivity index (χ0) is 15.2. The summed E-state index contributed by atoms with van der Waals surface area (Å²) in [6.07, 6.45) is 3.25. The van der Waals surface area contributed by atoms with Gasteiger partial charge in [0.25, 0.3) is 0 Å². The van der Waals surface area contributed by atoms with Crippen molar-refractivity contribution in [2.45, 2.75) is 32.2 Å². The first-order chi connectivity index (χ1) is 10.2. The van der Waals surface area contributed by atoms with Crippen molar-refractivity contribution in [2.24, 2.45) is 0 Å². The average Bonchev–Trinajstić information content (AvgIpc) is 2.88. The van der Waals surface area contributed by atoms with Crippen LogP contribution < -0.4 is 10.1 Å². The normalized spacial score (nSPS) is 12.3. The second-order valence-electron chi connectivity index (χ2n) is 4.98. The van der Waals surface area contributed by atoms with Gasteiger partial charge in [-0.25, -0.2) is 0 Å². The Labute approximate surface area is 123 Å². The molecule has 5 nitrogen and oxygen atoms in total. The van der Waals surface area contributed by atoms with Gasteiger partial charge in [-0.15, -0.1) is 0 Å². The Morgan fingerprint density at radius 2 is 2.29 bits per heavy atom. The van der Waals surface area contributed by atoms with E-state index in [0.717, 1.165) is 23.1 Å². The third-order valence-electron chi connectivity index (χ3n) is 3.55. The van der Waals surface area contributed by atoms with E-state index in [1.807, 2.05) is 19.1 Å². The summed E-state index contributed by atoms with van der Waals surface area (Å²) in [4.78, 5) is 12.1. The zero-order valence-electron chi connectivity index (χ0n) is 12.4. The molecule has 0 radical (unpaired) electrons. The molecule has 2 rings (SSSR count). The van der Waals surface area contributed by atoms with Gasteiger partial charge < -0.3 is 19.6 Å². The highest BCUT2D eigenvalue weighted by Crippen LogP contribution is 2.25. The molecule has 2 N–H and O–H groups in total. The number of nitrogens with one attached hydrogen (secondary N) is 1. The van der Waals surface area contributed by atoms with Crippen LogP contribution in [0.4, 0.5) is 0 Å². The molecule has 0 bridgehead atoms. The summed E-state index contributed by atoms with van der Waals surface area (Å²) in [7, 11) is 1.60. The van der Waals surface area contributed by atoms with Gasteiger partial charge in [0.05, 0.1) is 19.8 Å². The second-order valence-corrected chi connectivity index (χ2v) is 4.98. The number of ether oxygens (including phenoxy) is 1. The third-order valence-corrected chi connectivity index (χ3v) is 3.55. The largest absolute Gasteiger partial charge is 0.497 e. The van der Waals surface area contributed by atoms with Crippen LogP contribution in [-0.4, -0.2) is 30.8 Å². The lowest BCUT2D eigenvalue weighted by atomic mass is 10.1. The SMILES string of the molecule is CCC(CCO)NC(=O)Cc1coc2cc(OC)ccc12. The lowest BCUT2D eigenvalue weighted by Gasteiger charge is -2.15. The quantitative estimate of drug-likeness (QED) is 0.821. The molecule has 1 amide bonds. The molecule has 0 saturated heterocycles. The molecule has 2 aromatic rings. The van der Waals surface area contributed by atoms with Crippen LogP contribution in [0.5, 0.6) is 5.75 Å². The number of fused-ring (bicyclic) bond motifs is 1. The van der Waals surface area contributed by atoms with Gasteiger partial charge in [0.2, 0.25) is 5.91 Å². The number of hydrogen-bond donors (Lipinski definition) is 2. The molecule has 0 spiro atoms. The Balaban J connectivity index is 2.07. The van der Waals surface area contributed by atoms with Crippen molar-refractivity contribution >= 4 is 16.9 Å². The lowest BCUT2D eigenvalue weighted by Crippen LogP contribution is -2.36. The topological polar surface area (TPSA) is 71.7 Å². The molecule has 1 unspecified atom stereocenters. The Morgan fingerprint density at radius 3 is 2.95 bits per heavy atom. The van der Waals surface area contributed by atoms with Gasteiger partial charge in [0, 0.05) is 29.7 Å². The van der Waals surface area contributed by atoms with Crippen molar-refractivity contribution in [2.75, 3.05) is 13.7 Å². The highest BCUT2D eigenvalue weighted by Gasteiger charge is 2.14. The fraction of sp³-hybridized carbons (Fsp3) is 0.438. The van der Waals surface area contributed by atoms with Crippen molar-refractivity contribution < 1.29 is 19.1 Å². The zero-order valence-corrected chi connectivity index (χ0v) is 12.4. The van der Waals surface area contributed by atoms with Crippen molar-refractivity contribution in [1.82, 2.24) is 5.32 Å². The maximum absolute atomic E-state index is 12.1. The summed E-state index contributed by atoms with van der Waals surface area (Å²) in [5.74, 6) is 0.663.